The van der Waals surface area contributed by atoms with E-state index >= 15 is 0 Å². The van der Waals surface area contributed by atoms with Crippen molar-refractivity contribution >= 4 is 17.3 Å². The molecule has 1 aromatic rings. The molecule has 1 unspecified atom stereocenters. The molecule has 0 fully saturated rings. The lowest BCUT2D eigenvalue weighted by atomic mass is 10.1. The predicted molar refractivity (Wildman–Crippen MR) is 60.9 cm³/mol. The van der Waals surface area contributed by atoms with Gasteiger partial charge in [-0.2, -0.15) is 0 Å². The largest absolute Gasteiger partial charge is 0.388 e. The van der Waals surface area contributed by atoms with E-state index in [9.17, 15) is 4.79 Å². The minimum Gasteiger partial charge on any atom is -0.388 e. The SMILES string of the molecule is CNc1ccc2c(c1)CNC(=O)C(C)N2. The van der Waals surface area contributed by atoms with Crippen molar-refractivity contribution in [2.24, 2.45) is 0 Å². The van der Waals surface area contributed by atoms with Gasteiger partial charge in [-0.25, -0.2) is 0 Å². The Morgan fingerprint density at radius 3 is 3.00 bits per heavy atom. The maximum atomic E-state index is 11.4. The smallest absolute Gasteiger partial charge is 0.242 e. The zero-order valence-electron chi connectivity index (χ0n) is 8.92. The molecule has 0 spiro atoms. The van der Waals surface area contributed by atoms with Gasteiger partial charge < -0.3 is 16.0 Å². The van der Waals surface area contributed by atoms with Crippen molar-refractivity contribution in [2.75, 3.05) is 17.7 Å². The van der Waals surface area contributed by atoms with Crippen molar-refractivity contribution in [3.63, 3.8) is 0 Å². The topological polar surface area (TPSA) is 53.2 Å². The number of amides is 1. The Labute approximate surface area is 89.1 Å². The Morgan fingerprint density at radius 2 is 2.27 bits per heavy atom. The number of carbonyl (C=O) groups is 1. The van der Waals surface area contributed by atoms with Crippen LogP contribution in [0.2, 0.25) is 0 Å². The fraction of sp³-hybridized carbons (Fsp3) is 0.364. The van der Waals surface area contributed by atoms with Crippen LogP contribution < -0.4 is 16.0 Å². The van der Waals surface area contributed by atoms with Gasteiger partial charge in [0.2, 0.25) is 5.91 Å². The van der Waals surface area contributed by atoms with Crippen LogP contribution in [0.4, 0.5) is 11.4 Å². The van der Waals surface area contributed by atoms with E-state index in [0.717, 1.165) is 16.9 Å². The minimum absolute atomic E-state index is 0.0391. The third-order valence-corrected chi connectivity index (χ3v) is 2.61. The number of rotatable bonds is 1. The summed E-state index contributed by atoms with van der Waals surface area (Å²) in [4.78, 5) is 11.4. The van der Waals surface area contributed by atoms with Crippen molar-refractivity contribution in [1.29, 1.82) is 0 Å². The fourth-order valence-electron chi connectivity index (χ4n) is 1.67. The van der Waals surface area contributed by atoms with E-state index < -0.39 is 0 Å². The van der Waals surface area contributed by atoms with Gasteiger partial charge in [-0.3, -0.25) is 4.79 Å². The van der Waals surface area contributed by atoms with Gasteiger partial charge in [0.15, 0.2) is 0 Å². The second kappa shape index (κ2) is 3.81. The molecule has 1 aromatic carbocycles. The van der Waals surface area contributed by atoms with E-state index in [4.69, 9.17) is 0 Å². The summed E-state index contributed by atoms with van der Waals surface area (Å²) in [7, 11) is 1.88. The van der Waals surface area contributed by atoms with Crippen LogP contribution in [0.25, 0.3) is 0 Å². The molecule has 1 atom stereocenters. The maximum absolute atomic E-state index is 11.4. The summed E-state index contributed by atoms with van der Waals surface area (Å²) in [5.74, 6) is 0.0391. The van der Waals surface area contributed by atoms with Crippen LogP contribution in [0.15, 0.2) is 18.2 Å². The Bertz CT molecular complexity index is 389. The van der Waals surface area contributed by atoms with Crippen LogP contribution in [0, 0.1) is 0 Å². The first-order valence-electron chi connectivity index (χ1n) is 5.05. The average Bonchev–Trinajstić information content (AvgIpc) is 2.39. The van der Waals surface area contributed by atoms with Crippen molar-refractivity contribution in [1.82, 2.24) is 5.32 Å². The molecule has 0 saturated carbocycles. The molecule has 15 heavy (non-hydrogen) atoms. The second-order valence-corrected chi connectivity index (χ2v) is 3.71. The Hall–Kier alpha value is -1.71. The van der Waals surface area contributed by atoms with E-state index in [2.05, 4.69) is 16.0 Å². The van der Waals surface area contributed by atoms with Crippen molar-refractivity contribution < 1.29 is 4.79 Å². The van der Waals surface area contributed by atoms with Crippen molar-refractivity contribution in [2.45, 2.75) is 19.5 Å². The van der Waals surface area contributed by atoms with Crippen molar-refractivity contribution in [3.05, 3.63) is 23.8 Å². The highest BCUT2D eigenvalue weighted by molar-refractivity contribution is 5.86. The molecule has 80 valence electrons. The number of anilines is 2. The zero-order valence-corrected chi connectivity index (χ0v) is 8.92. The van der Waals surface area contributed by atoms with Gasteiger partial charge in [0, 0.05) is 25.0 Å². The average molecular weight is 205 g/mol. The number of benzene rings is 1. The van der Waals surface area contributed by atoms with Gasteiger partial charge >= 0.3 is 0 Å². The number of hydrogen-bond acceptors (Lipinski definition) is 3. The molecule has 0 aliphatic carbocycles. The van der Waals surface area contributed by atoms with E-state index in [0.29, 0.717) is 6.54 Å². The number of nitrogens with one attached hydrogen (secondary N) is 3. The maximum Gasteiger partial charge on any atom is 0.242 e. The highest BCUT2D eigenvalue weighted by Crippen LogP contribution is 2.22. The number of fused-ring (bicyclic) bond motifs is 1. The summed E-state index contributed by atoms with van der Waals surface area (Å²) in [6, 6.07) is 5.86. The van der Waals surface area contributed by atoms with Gasteiger partial charge in [-0.1, -0.05) is 0 Å². The second-order valence-electron chi connectivity index (χ2n) is 3.71. The molecule has 4 heteroatoms. The van der Waals surface area contributed by atoms with Gasteiger partial charge in [0.25, 0.3) is 0 Å². The standard InChI is InChI=1S/C11H15N3O/c1-7-11(15)13-6-8-5-9(12-2)3-4-10(8)14-7/h3-5,7,12,14H,6H2,1-2H3,(H,13,15). The zero-order chi connectivity index (χ0) is 10.8. The minimum atomic E-state index is -0.174. The van der Waals surface area contributed by atoms with Crippen LogP contribution >= 0.6 is 0 Å². The summed E-state index contributed by atoms with van der Waals surface area (Å²) in [6.07, 6.45) is 0. The monoisotopic (exact) mass is 205 g/mol. The molecular formula is C11H15N3O. The van der Waals surface area contributed by atoms with Crippen LogP contribution in [0.5, 0.6) is 0 Å². The fourth-order valence-corrected chi connectivity index (χ4v) is 1.67. The summed E-state index contributed by atoms with van der Waals surface area (Å²) in [5, 5.41) is 9.14. The highest BCUT2D eigenvalue weighted by Gasteiger charge is 2.18. The van der Waals surface area contributed by atoms with Crippen LogP contribution in [0.1, 0.15) is 12.5 Å². The number of carbonyl (C=O) groups excluding carboxylic acids is 1. The summed E-state index contributed by atoms with van der Waals surface area (Å²) in [5.41, 5.74) is 3.19. The molecule has 0 bridgehead atoms. The Kier molecular flexibility index (Phi) is 2.49. The first-order chi connectivity index (χ1) is 7.20. The van der Waals surface area contributed by atoms with E-state index in [-0.39, 0.29) is 11.9 Å². The molecule has 1 aliphatic heterocycles. The van der Waals surface area contributed by atoms with Crippen LogP contribution in [0.3, 0.4) is 0 Å². The van der Waals surface area contributed by atoms with E-state index in [1.165, 1.54) is 0 Å². The first kappa shape index (κ1) is 9.83. The molecule has 2 rings (SSSR count). The molecule has 1 heterocycles. The molecule has 0 saturated heterocycles. The predicted octanol–water partition coefficient (Wildman–Crippen LogP) is 1.16. The molecule has 1 amide bonds. The van der Waals surface area contributed by atoms with Gasteiger partial charge in [-0.05, 0) is 30.7 Å². The first-order valence-corrected chi connectivity index (χ1v) is 5.05. The quantitative estimate of drug-likeness (QED) is 0.645. The number of hydrogen-bond donors (Lipinski definition) is 3. The third kappa shape index (κ3) is 1.88. The Morgan fingerprint density at radius 1 is 1.47 bits per heavy atom. The van der Waals surface area contributed by atoms with Gasteiger partial charge in [0.1, 0.15) is 6.04 Å². The lowest BCUT2D eigenvalue weighted by Gasteiger charge is -2.11. The molecule has 0 aromatic heterocycles. The summed E-state index contributed by atoms with van der Waals surface area (Å²) in [6.45, 7) is 2.44. The molecule has 0 radical (unpaired) electrons. The molecule has 4 nitrogen and oxygen atoms in total. The Balaban J connectivity index is 2.34. The normalized spacial score (nSPS) is 19.6. The molecule has 1 aliphatic rings. The van der Waals surface area contributed by atoms with E-state index in [1.807, 2.05) is 32.2 Å². The summed E-state index contributed by atoms with van der Waals surface area (Å²) < 4.78 is 0. The van der Waals surface area contributed by atoms with Crippen LogP contribution in [-0.2, 0) is 11.3 Å². The van der Waals surface area contributed by atoms with Crippen molar-refractivity contribution in [3.8, 4) is 0 Å². The van der Waals surface area contributed by atoms with Crippen LogP contribution in [-0.4, -0.2) is 19.0 Å². The molecule has 3 N–H and O–H groups in total. The van der Waals surface area contributed by atoms with Gasteiger partial charge in [0.05, 0.1) is 0 Å². The highest BCUT2D eigenvalue weighted by atomic mass is 16.2. The lowest BCUT2D eigenvalue weighted by Crippen LogP contribution is -2.34. The third-order valence-electron chi connectivity index (χ3n) is 2.61. The molecular weight excluding hydrogens is 190 g/mol. The summed E-state index contributed by atoms with van der Waals surface area (Å²) >= 11 is 0. The van der Waals surface area contributed by atoms with Gasteiger partial charge in [-0.15, -0.1) is 0 Å². The van der Waals surface area contributed by atoms with E-state index in [1.54, 1.807) is 0 Å². The lowest BCUT2D eigenvalue weighted by molar-refractivity contribution is -0.121.